The first kappa shape index (κ1) is 12.8. The van der Waals surface area contributed by atoms with Gasteiger partial charge < -0.3 is 15.4 Å². The molecular formula is C12H19FN2O. The number of nitrogen functional groups attached to an aromatic ring is 1. The number of anilines is 2. The second-order valence-corrected chi connectivity index (χ2v) is 3.95. The summed E-state index contributed by atoms with van der Waals surface area (Å²) in [6.45, 7) is 5.37. The lowest BCUT2D eigenvalue weighted by Crippen LogP contribution is -2.34. The molecule has 0 aromatic heterocycles. The maximum absolute atomic E-state index is 13.3. The van der Waals surface area contributed by atoms with E-state index >= 15 is 0 Å². The molecule has 0 aliphatic heterocycles. The van der Waals surface area contributed by atoms with E-state index in [-0.39, 0.29) is 17.5 Å². The summed E-state index contributed by atoms with van der Waals surface area (Å²) in [5.74, 6) is -0.374. The van der Waals surface area contributed by atoms with E-state index in [9.17, 15) is 4.39 Å². The molecule has 0 heterocycles. The zero-order valence-electron chi connectivity index (χ0n) is 10.0. The second kappa shape index (κ2) is 5.70. The van der Waals surface area contributed by atoms with Gasteiger partial charge in [0.2, 0.25) is 0 Å². The summed E-state index contributed by atoms with van der Waals surface area (Å²) in [6.07, 6.45) is 0. The topological polar surface area (TPSA) is 38.5 Å². The molecule has 0 amide bonds. The molecule has 0 spiro atoms. The molecule has 3 nitrogen and oxygen atoms in total. The highest BCUT2D eigenvalue weighted by molar-refractivity contribution is 5.68. The number of para-hydroxylation sites is 1. The van der Waals surface area contributed by atoms with E-state index in [0.29, 0.717) is 13.2 Å². The summed E-state index contributed by atoms with van der Waals surface area (Å²) in [4.78, 5) is 2.03. The Labute approximate surface area is 96.0 Å². The Morgan fingerprint density at radius 1 is 1.44 bits per heavy atom. The van der Waals surface area contributed by atoms with Gasteiger partial charge in [-0.25, -0.2) is 4.39 Å². The first-order chi connectivity index (χ1) is 7.57. The van der Waals surface area contributed by atoms with Crippen molar-refractivity contribution in [2.75, 3.05) is 30.9 Å². The molecule has 0 bridgehead atoms. The lowest BCUT2D eigenvalue weighted by Gasteiger charge is -2.29. The highest BCUT2D eigenvalue weighted by atomic mass is 19.1. The van der Waals surface area contributed by atoms with Crippen LogP contribution in [0.5, 0.6) is 0 Å². The lowest BCUT2D eigenvalue weighted by molar-refractivity contribution is 0.204. The Morgan fingerprint density at radius 2 is 2.12 bits per heavy atom. The number of ether oxygens (including phenoxy) is 1. The van der Waals surface area contributed by atoms with Crippen LogP contribution in [0.4, 0.5) is 15.8 Å². The van der Waals surface area contributed by atoms with Gasteiger partial charge in [0.1, 0.15) is 5.82 Å². The van der Waals surface area contributed by atoms with Crippen LogP contribution in [-0.2, 0) is 4.74 Å². The molecule has 4 heteroatoms. The van der Waals surface area contributed by atoms with Crippen molar-refractivity contribution >= 4 is 11.4 Å². The third kappa shape index (κ3) is 2.85. The van der Waals surface area contributed by atoms with Crippen LogP contribution >= 0.6 is 0 Å². The Hall–Kier alpha value is -1.29. The molecule has 0 saturated carbocycles. The van der Waals surface area contributed by atoms with Gasteiger partial charge in [0.05, 0.1) is 18.0 Å². The molecule has 1 aromatic rings. The van der Waals surface area contributed by atoms with Gasteiger partial charge in [-0.3, -0.25) is 0 Å². The summed E-state index contributed by atoms with van der Waals surface area (Å²) in [7, 11) is 1.65. The van der Waals surface area contributed by atoms with Gasteiger partial charge in [-0.05, 0) is 26.0 Å². The highest BCUT2D eigenvalue weighted by Gasteiger charge is 2.14. The van der Waals surface area contributed by atoms with Crippen LogP contribution in [0.3, 0.4) is 0 Å². The monoisotopic (exact) mass is 226 g/mol. The van der Waals surface area contributed by atoms with Crippen molar-refractivity contribution in [3.63, 3.8) is 0 Å². The third-order valence-corrected chi connectivity index (χ3v) is 2.50. The van der Waals surface area contributed by atoms with Crippen LogP contribution in [0.2, 0.25) is 0 Å². The fraction of sp³-hybridized carbons (Fsp3) is 0.500. The summed E-state index contributed by atoms with van der Waals surface area (Å²) < 4.78 is 18.4. The molecule has 0 fully saturated rings. The molecule has 0 aliphatic rings. The second-order valence-electron chi connectivity index (χ2n) is 3.95. The minimum absolute atomic E-state index is 0.201. The van der Waals surface area contributed by atoms with Crippen molar-refractivity contribution in [2.45, 2.75) is 19.9 Å². The van der Waals surface area contributed by atoms with Crippen molar-refractivity contribution in [2.24, 2.45) is 0 Å². The van der Waals surface area contributed by atoms with Gasteiger partial charge in [0.25, 0.3) is 0 Å². The minimum atomic E-state index is -0.374. The van der Waals surface area contributed by atoms with Crippen LogP contribution in [0, 0.1) is 5.82 Å². The maximum atomic E-state index is 13.3. The molecule has 0 radical (unpaired) electrons. The van der Waals surface area contributed by atoms with Gasteiger partial charge in [0, 0.05) is 19.7 Å². The largest absolute Gasteiger partial charge is 0.395 e. The summed E-state index contributed by atoms with van der Waals surface area (Å²) in [5.41, 5.74) is 6.67. The van der Waals surface area contributed by atoms with Crippen molar-refractivity contribution in [3.05, 3.63) is 24.0 Å². The van der Waals surface area contributed by atoms with E-state index in [1.165, 1.54) is 6.07 Å². The molecule has 0 atom stereocenters. The van der Waals surface area contributed by atoms with Crippen molar-refractivity contribution in [1.82, 2.24) is 0 Å². The molecule has 1 rings (SSSR count). The standard InChI is InChI=1S/C12H19FN2O/c1-9(2)15(7-8-16-3)11-6-4-5-10(13)12(11)14/h4-6,9H,7-8,14H2,1-3H3. The summed E-state index contributed by atoms with van der Waals surface area (Å²) in [6, 6.07) is 5.12. The molecule has 0 unspecified atom stereocenters. The number of rotatable bonds is 5. The summed E-state index contributed by atoms with van der Waals surface area (Å²) in [5, 5.41) is 0. The fourth-order valence-corrected chi connectivity index (χ4v) is 1.62. The highest BCUT2D eigenvalue weighted by Crippen LogP contribution is 2.26. The third-order valence-electron chi connectivity index (χ3n) is 2.50. The normalized spacial score (nSPS) is 10.8. The van der Waals surface area contributed by atoms with E-state index < -0.39 is 0 Å². The predicted molar refractivity (Wildman–Crippen MR) is 65.2 cm³/mol. The number of benzene rings is 1. The van der Waals surface area contributed by atoms with E-state index in [1.807, 2.05) is 24.8 Å². The number of methoxy groups -OCH3 is 1. The predicted octanol–water partition coefficient (Wildman–Crippen LogP) is 2.27. The molecule has 90 valence electrons. The van der Waals surface area contributed by atoms with Gasteiger partial charge in [0.15, 0.2) is 0 Å². The average molecular weight is 226 g/mol. The number of nitrogens with two attached hydrogens (primary N) is 1. The Bertz CT molecular complexity index is 342. The molecule has 2 N–H and O–H groups in total. The molecule has 16 heavy (non-hydrogen) atoms. The Balaban J connectivity index is 2.96. The zero-order valence-corrected chi connectivity index (χ0v) is 10.0. The lowest BCUT2D eigenvalue weighted by atomic mass is 10.2. The first-order valence-corrected chi connectivity index (χ1v) is 5.37. The van der Waals surface area contributed by atoms with Gasteiger partial charge in [-0.15, -0.1) is 0 Å². The van der Waals surface area contributed by atoms with Crippen LogP contribution < -0.4 is 10.6 Å². The number of halogens is 1. The van der Waals surface area contributed by atoms with Gasteiger partial charge in [-0.2, -0.15) is 0 Å². The molecule has 0 saturated heterocycles. The van der Waals surface area contributed by atoms with E-state index in [4.69, 9.17) is 10.5 Å². The van der Waals surface area contributed by atoms with Crippen LogP contribution in [0.1, 0.15) is 13.8 Å². The maximum Gasteiger partial charge on any atom is 0.148 e. The zero-order chi connectivity index (χ0) is 12.1. The Morgan fingerprint density at radius 3 is 2.69 bits per heavy atom. The van der Waals surface area contributed by atoms with Crippen LogP contribution in [0.15, 0.2) is 18.2 Å². The van der Waals surface area contributed by atoms with Crippen LogP contribution in [0.25, 0.3) is 0 Å². The number of nitrogens with zero attached hydrogens (tertiary/aromatic N) is 1. The summed E-state index contributed by atoms with van der Waals surface area (Å²) >= 11 is 0. The molecular weight excluding hydrogens is 207 g/mol. The van der Waals surface area contributed by atoms with Crippen LogP contribution in [-0.4, -0.2) is 26.3 Å². The van der Waals surface area contributed by atoms with E-state index in [0.717, 1.165) is 5.69 Å². The average Bonchev–Trinajstić information content (AvgIpc) is 2.24. The van der Waals surface area contributed by atoms with Crippen molar-refractivity contribution < 1.29 is 9.13 Å². The van der Waals surface area contributed by atoms with Gasteiger partial charge in [-0.1, -0.05) is 6.07 Å². The Kier molecular flexibility index (Phi) is 4.55. The van der Waals surface area contributed by atoms with Crippen molar-refractivity contribution in [3.8, 4) is 0 Å². The first-order valence-electron chi connectivity index (χ1n) is 5.37. The van der Waals surface area contributed by atoms with E-state index in [1.54, 1.807) is 13.2 Å². The van der Waals surface area contributed by atoms with E-state index in [2.05, 4.69) is 0 Å². The number of hydrogen-bond acceptors (Lipinski definition) is 3. The SMILES string of the molecule is COCCN(c1cccc(F)c1N)C(C)C. The van der Waals surface area contributed by atoms with Gasteiger partial charge >= 0.3 is 0 Å². The molecule has 1 aromatic carbocycles. The quantitative estimate of drug-likeness (QED) is 0.783. The number of hydrogen-bond donors (Lipinski definition) is 1. The smallest absolute Gasteiger partial charge is 0.148 e. The minimum Gasteiger partial charge on any atom is -0.395 e. The van der Waals surface area contributed by atoms with Crippen molar-refractivity contribution in [1.29, 1.82) is 0 Å². The molecule has 0 aliphatic carbocycles. The fourth-order valence-electron chi connectivity index (χ4n) is 1.62.